The Morgan fingerprint density at radius 1 is 1.00 bits per heavy atom. The van der Waals surface area contributed by atoms with Crippen molar-refractivity contribution in [3.8, 4) is 0 Å². The Kier molecular flexibility index (Phi) is 11.1. The molecule has 1 aromatic rings. The van der Waals surface area contributed by atoms with Gasteiger partial charge in [0.25, 0.3) is 0 Å². The van der Waals surface area contributed by atoms with Crippen LogP contribution in [0.15, 0.2) is 18.2 Å². The predicted molar refractivity (Wildman–Crippen MR) is 137 cm³/mol. The van der Waals surface area contributed by atoms with Gasteiger partial charge < -0.3 is 20.3 Å². The molecule has 0 aliphatic rings. The molecule has 0 aliphatic heterocycles. The molecule has 2 atom stereocenters. The SMILES string of the molecule is Cc1ccc(C)c(C(C(=O)NC(C)C)N(C(=O)CNC(=O)OC(C)(C)C)C(C)CCC(C)C)c1. The second-order valence-electron chi connectivity index (χ2n) is 10.9. The van der Waals surface area contributed by atoms with Gasteiger partial charge in [0.1, 0.15) is 18.2 Å². The van der Waals surface area contributed by atoms with Crippen molar-refractivity contribution in [2.75, 3.05) is 6.54 Å². The van der Waals surface area contributed by atoms with Crippen LogP contribution in [-0.4, -0.2) is 47.0 Å². The molecule has 0 aromatic heterocycles. The summed E-state index contributed by atoms with van der Waals surface area (Å²) < 4.78 is 5.29. The second kappa shape index (κ2) is 12.8. The van der Waals surface area contributed by atoms with Crippen LogP contribution in [0.3, 0.4) is 0 Å². The maximum Gasteiger partial charge on any atom is 0.408 e. The van der Waals surface area contributed by atoms with Crippen molar-refractivity contribution in [1.82, 2.24) is 15.5 Å². The van der Waals surface area contributed by atoms with E-state index in [1.165, 1.54) is 0 Å². The number of hydrogen-bond acceptors (Lipinski definition) is 4. The summed E-state index contributed by atoms with van der Waals surface area (Å²) in [5, 5.41) is 5.56. The number of alkyl carbamates (subject to hydrolysis) is 1. The van der Waals surface area contributed by atoms with Crippen LogP contribution in [0.2, 0.25) is 0 Å². The Labute approximate surface area is 206 Å². The number of carbonyl (C=O) groups is 3. The third-order valence-electron chi connectivity index (χ3n) is 5.39. The average Bonchev–Trinajstić information content (AvgIpc) is 2.68. The maximum atomic E-state index is 13.6. The van der Waals surface area contributed by atoms with Crippen molar-refractivity contribution in [3.63, 3.8) is 0 Å². The summed E-state index contributed by atoms with van der Waals surface area (Å²) in [7, 11) is 0. The van der Waals surface area contributed by atoms with Crippen molar-refractivity contribution in [2.24, 2.45) is 5.92 Å². The van der Waals surface area contributed by atoms with E-state index in [0.717, 1.165) is 29.5 Å². The molecule has 0 spiro atoms. The number of nitrogens with zero attached hydrogens (tertiary/aromatic N) is 1. The van der Waals surface area contributed by atoms with E-state index in [1.54, 1.807) is 25.7 Å². The van der Waals surface area contributed by atoms with E-state index >= 15 is 0 Å². The lowest BCUT2D eigenvalue weighted by Crippen LogP contribution is -2.52. The van der Waals surface area contributed by atoms with Gasteiger partial charge in [0.15, 0.2) is 0 Å². The summed E-state index contributed by atoms with van der Waals surface area (Å²) in [5.74, 6) is -0.0967. The van der Waals surface area contributed by atoms with Gasteiger partial charge in [-0.3, -0.25) is 9.59 Å². The van der Waals surface area contributed by atoms with Gasteiger partial charge in [-0.15, -0.1) is 0 Å². The summed E-state index contributed by atoms with van der Waals surface area (Å²) in [6.07, 6.45) is 0.993. The highest BCUT2D eigenvalue weighted by atomic mass is 16.6. The smallest absolute Gasteiger partial charge is 0.408 e. The van der Waals surface area contributed by atoms with E-state index in [4.69, 9.17) is 4.74 Å². The number of rotatable bonds is 10. The molecule has 0 saturated heterocycles. The zero-order valence-corrected chi connectivity index (χ0v) is 22.7. The number of nitrogens with one attached hydrogen (secondary N) is 2. The van der Waals surface area contributed by atoms with Crippen molar-refractivity contribution < 1.29 is 19.1 Å². The Morgan fingerprint density at radius 3 is 2.15 bits per heavy atom. The van der Waals surface area contributed by atoms with E-state index < -0.39 is 17.7 Å². The van der Waals surface area contributed by atoms with E-state index in [2.05, 4.69) is 24.5 Å². The number of ether oxygens (including phenoxy) is 1. The highest BCUT2D eigenvalue weighted by molar-refractivity contribution is 5.91. The molecule has 0 heterocycles. The lowest BCUT2D eigenvalue weighted by atomic mass is 9.94. The van der Waals surface area contributed by atoms with Gasteiger partial charge in [0.05, 0.1) is 0 Å². The normalized spacial score (nSPS) is 13.4. The molecule has 0 aliphatic carbocycles. The lowest BCUT2D eigenvalue weighted by Gasteiger charge is -2.37. The summed E-state index contributed by atoms with van der Waals surface area (Å²) in [6.45, 7) is 19.0. The first-order valence-corrected chi connectivity index (χ1v) is 12.3. The third-order valence-corrected chi connectivity index (χ3v) is 5.39. The average molecular weight is 476 g/mol. The monoisotopic (exact) mass is 475 g/mol. The Morgan fingerprint density at radius 2 is 1.62 bits per heavy atom. The summed E-state index contributed by atoms with van der Waals surface area (Å²) >= 11 is 0. The van der Waals surface area contributed by atoms with E-state index in [-0.39, 0.29) is 30.4 Å². The predicted octanol–water partition coefficient (Wildman–Crippen LogP) is 5.05. The largest absolute Gasteiger partial charge is 0.444 e. The molecule has 1 rings (SSSR count). The molecule has 0 bridgehead atoms. The molecule has 7 nitrogen and oxygen atoms in total. The van der Waals surface area contributed by atoms with Gasteiger partial charge in [-0.2, -0.15) is 0 Å². The van der Waals surface area contributed by atoms with Crippen LogP contribution < -0.4 is 10.6 Å². The Balaban J connectivity index is 3.41. The van der Waals surface area contributed by atoms with E-state index in [1.807, 2.05) is 52.8 Å². The van der Waals surface area contributed by atoms with Crippen molar-refractivity contribution in [2.45, 2.75) is 106 Å². The molecular weight excluding hydrogens is 430 g/mol. The fraction of sp³-hybridized carbons (Fsp3) is 0.667. The molecule has 2 unspecified atom stereocenters. The standard InChI is InChI=1S/C27H45N3O4/c1-17(2)11-14-21(7)30(23(31)16-28-26(33)34-27(8,9)10)24(25(32)29-18(3)4)22-15-19(5)12-13-20(22)6/h12-13,15,17-18,21,24H,11,14,16H2,1-10H3,(H,28,33)(H,29,32). The van der Waals surface area contributed by atoms with Gasteiger partial charge in [0.2, 0.25) is 11.8 Å². The van der Waals surface area contributed by atoms with Gasteiger partial charge in [-0.1, -0.05) is 37.6 Å². The first-order valence-electron chi connectivity index (χ1n) is 12.3. The second-order valence-corrected chi connectivity index (χ2v) is 10.9. The fourth-order valence-corrected chi connectivity index (χ4v) is 3.75. The van der Waals surface area contributed by atoms with Crippen LogP contribution in [0.4, 0.5) is 4.79 Å². The van der Waals surface area contributed by atoms with Crippen LogP contribution in [0.5, 0.6) is 0 Å². The number of hydrogen-bond donors (Lipinski definition) is 2. The molecule has 0 fully saturated rings. The molecule has 3 amide bonds. The number of aryl methyl sites for hydroxylation is 2. The van der Waals surface area contributed by atoms with Crippen molar-refractivity contribution in [3.05, 3.63) is 34.9 Å². The van der Waals surface area contributed by atoms with Crippen molar-refractivity contribution >= 4 is 17.9 Å². The molecule has 1 aromatic carbocycles. The fourth-order valence-electron chi connectivity index (χ4n) is 3.75. The van der Waals surface area contributed by atoms with Crippen LogP contribution in [-0.2, 0) is 14.3 Å². The number of carbonyl (C=O) groups excluding carboxylic acids is 3. The molecule has 0 radical (unpaired) electrons. The lowest BCUT2D eigenvalue weighted by molar-refractivity contribution is -0.143. The molecule has 7 heteroatoms. The first-order chi connectivity index (χ1) is 15.6. The van der Waals surface area contributed by atoms with E-state index in [9.17, 15) is 14.4 Å². The quantitative estimate of drug-likeness (QED) is 0.496. The van der Waals surface area contributed by atoms with E-state index in [0.29, 0.717) is 5.92 Å². The molecule has 192 valence electrons. The minimum atomic E-state index is -0.808. The summed E-state index contributed by atoms with van der Waals surface area (Å²) in [5.41, 5.74) is 2.07. The Bertz CT molecular complexity index is 843. The highest BCUT2D eigenvalue weighted by Crippen LogP contribution is 2.29. The highest BCUT2D eigenvalue weighted by Gasteiger charge is 2.36. The number of benzene rings is 1. The molecule has 2 N–H and O–H groups in total. The summed E-state index contributed by atoms with van der Waals surface area (Å²) in [6, 6.07) is 4.84. The van der Waals surface area contributed by atoms with Crippen LogP contribution >= 0.6 is 0 Å². The van der Waals surface area contributed by atoms with Gasteiger partial charge in [0, 0.05) is 12.1 Å². The van der Waals surface area contributed by atoms with Gasteiger partial charge >= 0.3 is 6.09 Å². The zero-order valence-electron chi connectivity index (χ0n) is 22.7. The van der Waals surface area contributed by atoms with Crippen LogP contribution in [0, 0.1) is 19.8 Å². The van der Waals surface area contributed by atoms with Crippen molar-refractivity contribution in [1.29, 1.82) is 0 Å². The maximum absolute atomic E-state index is 13.6. The molecular formula is C27H45N3O4. The third kappa shape index (κ3) is 9.74. The van der Waals surface area contributed by atoms with Gasteiger partial charge in [-0.05, 0) is 85.3 Å². The summed E-state index contributed by atoms with van der Waals surface area (Å²) in [4.78, 5) is 40.9. The minimum Gasteiger partial charge on any atom is -0.444 e. The molecule has 0 saturated carbocycles. The molecule has 34 heavy (non-hydrogen) atoms. The topological polar surface area (TPSA) is 87.7 Å². The zero-order chi connectivity index (χ0) is 26.2. The van der Waals surface area contributed by atoms with Gasteiger partial charge in [-0.25, -0.2) is 4.79 Å². The Hall–Kier alpha value is -2.57. The minimum absolute atomic E-state index is 0.0806. The van der Waals surface area contributed by atoms with Crippen LogP contribution in [0.1, 0.15) is 91.0 Å². The van der Waals surface area contributed by atoms with Crippen LogP contribution in [0.25, 0.3) is 0 Å². The first kappa shape index (κ1) is 29.5. The number of amides is 3.